The molecule has 0 aliphatic rings. The Morgan fingerprint density at radius 3 is 1.29 bits per heavy atom. The molecule has 1 N–H and O–H groups in total. The molecule has 8 nitrogen and oxygen atoms in total. The van der Waals surface area contributed by atoms with Crippen LogP contribution in [0.3, 0.4) is 0 Å². The van der Waals surface area contributed by atoms with Crippen molar-refractivity contribution in [2.24, 2.45) is 0 Å². The number of carboxylic acids is 1. The van der Waals surface area contributed by atoms with Crippen LogP contribution >= 0.6 is 0 Å². The van der Waals surface area contributed by atoms with Crippen molar-refractivity contribution >= 4 is 23.9 Å². The second kappa shape index (κ2) is 8.66. The first-order valence-corrected chi connectivity index (χ1v) is 7.29. The van der Waals surface area contributed by atoms with Crippen molar-refractivity contribution in [3.05, 3.63) is 34.4 Å². The summed E-state index contributed by atoms with van der Waals surface area (Å²) in [5.74, 6) is -4.13. The fourth-order valence-electron chi connectivity index (χ4n) is 1.91. The van der Waals surface area contributed by atoms with Gasteiger partial charge in [-0.15, -0.1) is 0 Å². The van der Waals surface area contributed by atoms with Crippen LogP contribution in [0, 0.1) is 0 Å². The monoisotopic (exact) mass is 338 g/mol. The summed E-state index contributed by atoms with van der Waals surface area (Å²) in [4.78, 5) is 47.4. The second-order valence-electron chi connectivity index (χ2n) is 4.41. The third-order valence-corrected chi connectivity index (χ3v) is 2.87. The summed E-state index contributed by atoms with van der Waals surface area (Å²) in [6, 6.07) is 1.89. The van der Waals surface area contributed by atoms with Crippen molar-refractivity contribution in [3.8, 4) is 0 Å². The number of carbonyl (C=O) groups is 4. The van der Waals surface area contributed by atoms with E-state index < -0.39 is 29.4 Å². The Morgan fingerprint density at radius 2 is 1.00 bits per heavy atom. The van der Waals surface area contributed by atoms with Crippen molar-refractivity contribution in [2.75, 3.05) is 19.8 Å². The lowest BCUT2D eigenvalue weighted by molar-refractivity contribution is 0.0474. The van der Waals surface area contributed by atoms with Gasteiger partial charge in [-0.3, -0.25) is 0 Å². The summed E-state index contributed by atoms with van der Waals surface area (Å²) < 4.78 is 14.5. The van der Waals surface area contributed by atoms with Crippen LogP contribution in [0.1, 0.15) is 62.2 Å². The van der Waals surface area contributed by atoms with E-state index in [-0.39, 0.29) is 36.5 Å². The van der Waals surface area contributed by atoms with Gasteiger partial charge in [0.25, 0.3) is 0 Å². The highest BCUT2D eigenvalue weighted by molar-refractivity contribution is 6.10. The molecule has 0 unspecified atom stereocenters. The van der Waals surface area contributed by atoms with Crippen LogP contribution in [0.2, 0.25) is 0 Å². The quantitative estimate of drug-likeness (QED) is 0.592. The number of hydrogen-bond donors (Lipinski definition) is 1. The molecule has 8 heteroatoms. The molecule has 0 atom stereocenters. The first-order valence-electron chi connectivity index (χ1n) is 7.29. The van der Waals surface area contributed by atoms with Crippen molar-refractivity contribution < 1.29 is 38.5 Å². The van der Waals surface area contributed by atoms with Gasteiger partial charge in [0.05, 0.1) is 42.1 Å². The molecule has 130 valence electrons. The Labute approximate surface area is 138 Å². The molecule has 1 rings (SSSR count). The van der Waals surface area contributed by atoms with Crippen LogP contribution in [-0.4, -0.2) is 48.8 Å². The topological polar surface area (TPSA) is 116 Å². The van der Waals surface area contributed by atoms with Crippen LogP contribution in [0.5, 0.6) is 0 Å². The molecule has 0 heterocycles. The lowest BCUT2D eigenvalue weighted by Gasteiger charge is -2.12. The van der Waals surface area contributed by atoms with Crippen LogP contribution in [0.15, 0.2) is 12.1 Å². The molecule has 0 aromatic heterocycles. The Hall–Kier alpha value is -2.90. The number of benzene rings is 1. The maximum absolute atomic E-state index is 12.1. The predicted molar refractivity (Wildman–Crippen MR) is 81.3 cm³/mol. The van der Waals surface area contributed by atoms with Gasteiger partial charge in [0, 0.05) is 0 Å². The van der Waals surface area contributed by atoms with Crippen molar-refractivity contribution in [1.29, 1.82) is 0 Å². The minimum Gasteiger partial charge on any atom is -0.478 e. The van der Waals surface area contributed by atoms with E-state index in [0.717, 1.165) is 12.1 Å². The van der Waals surface area contributed by atoms with E-state index in [4.69, 9.17) is 14.2 Å². The van der Waals surface area contributed by atoms with Crippen LogP contribution in [-0.2, 0) is 14.2 Å². The average Bonchev–Trinajstić information content (AvgIpc) is 2.54. The summed E-state index contributed by atoms with van der Waals surface area (Å²) in [6.45, 7) is 4.77. The molecule has 0 radical (unpaired) electrons. The summed E-state index contributed by atoms with van der Waals surface area (Å²) in [6.07, 6.45) is 0. The fourth-order valence-corrected chi connectivity index (χ4v) is 1.91. The van der Waals surface area contributed by atoms with Gasteiger partial charge >= 0.3 is 23.9 Å². The first-order chi connectivity index (χ1) is 11.4. The summed E-state index contributed by atoms with van der Waals surface area (Å²) in [7, 11) is 0. The number of rotatable bonds is 7. The van der Waals surface area contributed by atoms with Gasteiger partial charge in [-0.05, 0) is 32.9 Å². The molecule has 24 heavy (non-hydrogen) atoms. The zero-order chi connectivity index (χ0) is 18.3. The predicted octanol–water partition coefficient (Wildman–Crippen LogP) is 1.91. The number of carboxylic acid groups (broad SMARTS) is 1. The number of carbonyl (C=O) groups excluding carboxylic acids is 3. The van der Waals surface area contributed by atoms with E-state index in [2.05, 4.69) is 0 Å². The van der Waals surface area contributed by atoms with Gasteiger partial charge in [-0.25, -0.2) is 19.2 Å². The Bertz CT molecular complexity index is 662. The number of hydrogen-bond acceptors (Lipinski definition) is 7. The lowest BCUT2D eigenvalue weighted by atomic mass is 9.98. The zero-order valence-electron chi connectivity index (χ0n) is 13.6. The SMILES string of the molecule is CCOC(=O)c1cc(C(=O)OCC)c(C(=O)OCC)cc1C(=O)O. The Balaban J connectivity index is 3.59. The summed E-state index contributed by atoms with van der Waals surface area (Å²) >= 11 is 0. The largest absolute Gasteiger partial charge is 0.478 e. The second-order valence-corrected chi connectivity index (χ2v) is 4.41. The van der Waals surface area contributed by atoms with E-state index in [9.17, 15) is 24.3 Å². The highest BCUT2D eigenvalue weighted by Gasteiger charge is 2.27. The van der Waals surface area contributed by atoms with Gasteiger partial charge in [-0.2, -0.15) is 0 Å². The van der Waals surface area contributed by atoms with E-state index in [1.165, 1.54) is 0 Å². The minimum absolute atomic E-state index is 0.0201. The first kappa shape index (κ1) is 19.1. The maximum atomic E-state index is 12.1. The van der Waals surface area contributed by atoms with Gasteiger partial charge in [0.1, 0.15) is 0 Å². The Kier molecular flexibility index (Phi) is 6.91. The molecule has 1 aromatic rings. The van der Waals surface area contributed by atoms with Crippen molar-refractivity contribution in [2.45, 2.75) is 20.8 Å². The molecular weight excluding hydrogens is 320 g/mol. The number of aromatic carboxylic acids is 1. The number of ether oxygens (including phenoxy) is 3. The molecule has 0 amide bonds. The lowest BCUT2D eigenvalue weighted by Crippen LogP contribution is -2.19. The standard InChI is InChI=1S/C16H18O8/c1-4-22-14(19)10-8-12(16(21)24-6-3)11(15(20)23-5-2)7-9(10)13(17)18/h7-8H,4-6H2,1-3H3,(H,17,18). The molecule has 0 fully saturated rings. The van der Waals surface area contributed by atoms with Gasteiger partial charge in [0.15, 0.2) is 0 Å². The molecule has 0 aliphatic carbocycles. The van der Waals surface area contributed by atoms with Crippen molar-refractivity contribution in [1.82, 2.24) is 0 Å². The molecule has 0 bridgehead atoms. The van der Waals surface area contributed by atoms with Crippen LogP contribution in [0.4, 0.5) is 0 Å². The molecular formula is C16H18O8. The minimum atomic E-state index is -1.45. The third-order valence-electron chi connectivity index (χ3n) is 2.87. The van der Waals surface area contributed by atoms with Gasteiger partial charge in [0.2, 0.25) is 0 Å². The summed E-state index contributed by atoms with van der Waals surface area (Å²) in [5.41, 5.74) is -1.37. The van der Waals surface area contributed by atoms with E-state index >= 15 is 0 Å². The molecule has 0 aliphatic heterocycles. The average molecular weight is 338 g/mol. The van der Waals surface area contributed by atoms with Gasteiger partial charge in [-0.1, -0.05) is 0 Å². The zero-order valence-corrected chi connectivity index (χ0v) is 13.6. The highest BCUT2D eigenvalue weighted by Crippen LogP contribution is 2.21. The molecule has 0 spiro atoms. The van der Waals surface area contributed by atoms with E-state index in [1.807, 2.05) is 0 Å². The van der Waals surface area contributed by atoms with Crippen LogP contribution in [0.25, 0.3) is 0 Å². The van der Waals surface area contributed by atoms with E-state index in [1.54, 1.807) is 20.8 Å². The molecule has 0 saturated heterocycles. The molecule has 1 aromatic carbocycles. The van der Waals surface area contributed by atoms with E-state index in [0.29, 0.717) is 0 Å². The highest BCUT2D eigenvalue weighted by atomic mass is 16.5. The Morgan fingerprint density at radius 1 is 0.708 bits per heavy atom. The molecule has 0 saturated carbocycles. The number of esters is 3. The van der Waals surface area contributed by atoms with Gasteiger partial charge < -0.3 is 19.3 Å². The summed E-state index contributed by atoms with van der Waals surface area (Å²) in [5, 5.41) is 9.28. The van der Waals surface area contributed by atoms with Crippen LogP contribution < -0.4 is 0 Å². The van der Waals surface area contributed by atoms with Crippen molar-refractivity contribution in [3.63, 3.8) is 0 Å². The normalized spacial score (nSPS) is 9.96. The fraction of sp³-hybridized carbons (Fsp3) is 0.375. The maximum Gasteiger partial charge on any atom is 0.339 e. The third kappa shape index (κ3) is 4.31. The smallest absolute Gasteiger partial charge is 0.339 e.